The van der Waals surface area contributed by atoms with E-state index >= 15 is 0 Å². The highest BCUT2D eigenvalue weighted by atomic mass is 14.5. The molecule has 0 aromatic carbocycles. The second kappa shape index (κ2) is 1.62. The van der Waals surface area contributed by atoms with E-state index in [1.807, 2.05) is 0 Å². The monoisotopic (exact) mass is 122 g/mol. The summed E-state index contributed by atoms with van der Waals surface area (Å²) in [5.41, 5.74) is 0. The van der Waals surface area contributed by atoms with Crippen molar-refractivity contribution in [1.29, 1.82) is 0 Å². The molecular formula is C9H14. The highest BCUT2D eigenvalue weighted by Gasteiger charge is 2.44. The molecule has 1 saturated carbocycles. The number of allylic oxidation sites excluding steroid dienone is 2. The summed E-state index contributed by atoms with van der Waals surface area (Å²) in [7, 11) is 0. The molecule has 0 nitrogen and oxygen atoms in total. The average molecular weight is 122 g/mol. The molecule has 0 N–H and O–H groups in total. The van der Waals surface area contributed by atoms with Crippen molar-refractivity contribution in [3.05, 3.63) is 12.2 Å². The first kappa shape index (κ1) is 5.52. The highest BCUT2D eigenvalue weighted by Crippen LogP contribution is 2.51. The van der Waals surface area contributed by atoms with Crippen molar-refractivity contribution in [2.24, 2.45) is 23.7 Å². The molecule has 0 aromatic heterocycles. The molecule has 0 heteroatoms. The molecule has 0 radical (unpaired) electrons. The number of hydrogen-bond donors (Lipinski definition) is 0. The molecule has 9 heavy (non-hydrogen) atoms. The summed E-state index contributed by atoms with van der Waals surface area (Å²) in [5, 5.41) is 0. The quantitative estimate of drug-likeness (QED) is 0.433. The third kappa shape index (κ3) is 0.540. The number of rotatable bonds is 0. The van der Waals surface area contributed by atoms with Crippen LogP contribution in [0.3, 0.4) is 0 Å². The van der Waals surface area contributed by atoms with Crippen LogP contribution in [0.4, 0.5) is 0 Å². The summed E-state index contributed by atoms with van der Waals surface area (Å²) < 4.78 is 0. The van der Waals surface area contributed by atoms with Gasteiger partial charge in [-0.05, 0) is 30.1 Å². The van der Waals surface area contributed by atoms with Gasteiger partial charge in [-0.1, -0.05) is 26.0 Å². The zero-order chi connectivity index (χ0) is 6.43. The molecule has 2 rings (SSSR count). The van der Waals surface area contributed by atoms with Crippen LogP contribution in [0.1, 0.15) is 20.3 Å². The Bertz CT molecular complexity index is 146. The lowest BCUT2D eigenvalue weighted by molar-refractivity contribution is 0.0514. The Balaban J connectivity index is 2.12. The second-order valence-corrected chi connectivity index (χ2v) is 3.62. The largest absolute Gasteiger partial charge is 0.0879 e. The van der Waals surface area contributed by atoms with Gasteiger partial charge in [0.25, 0.3) is 0 Å². The van der Waals surface area contributed by atoms with E-state index in [1.54, 1.807) is 0 Å². The molecule has 0 unspecified atom stereocenters. The van der Waals surface area contributed by atoms with Gasteiger partial charge in [-0.15, -0.1) is 0 Å². The van der Waals surface area contributed by atoms with Gasteiger partial charge in [-0.2, -0.15) is 0 Å². The first-order valence-electron chi connectivity index (χ1n) is 3.97. The topological polar surface area (TPSA) is 0 Å². The molecule has 0 spiro atoms. The van der Waals surface area contributed by atoms with Crippen LogP contribution in [0, 0.1) is 23.7 Å². The van der Waals surface area contributed by atoms with Gasteiger partial charge in [0.2, 0.25) is 0 Å². The predicted molar refractivity (Wildman–Crippen MR) is 39.1 cm³/mol. The molecule has 0 bridgehead atoms. The van der Waals surface area contributed by atoms with Crippen LogP contribution in [-0.4, -0.2) is 0 Å². The Morgan fingerprint density at radius 1 is 1.22 bits per heavy atom. The fourth-order valence-corrected chi connectivity index (χ4v) is 2.42. The molecule has 50 valence electrons. The van der Waals surface area contributed by atoms with Gasteiger partial charge in [0, 0.05) is 0 Å². The first-order valence-corrected chi connectivity index (χ1v) is 3.97. The van der Waals surface area contributed by atoms with E-state index in [0.717, 1.165) is 23.7 Å². The molecule has 4 atom stereocenters. The van der Waals surface area contributed by atoms with Gasteiger partial charge in [-0.3, -0.25) is 0 Å². The molecule has 2 aliphatic carbocycles. The minimum atomic E-state index is 0.958. The maximum atomic E-state index is 2.41. The summed E-state index contributed by atoms with van der Waals surface area (Å²) in [6.45, 7) is 4.76. The van der Waals surface area contributed by atoms with Crippen molar-refractivity contribution < 1.29 is 0 Å². The summed E-state index contributed by atoms with van der Waals surface area (Å²) in [6.07, 6.45) is 6.13. The fraction of sp³-hybridized carbons (Fsp3) is 0.778. The molecule has 1 fully saturated rings. The molecule has 0 saturated heterocycles. The zero-order valence-electron chi connectivity index (χ0n) is 6.17. The van der Waals surface area contributed by atoms with E-state index in [1.165, 1.54) is 6.42 Å². The summed E-state index contributed by atoms with van der Waals surface area (Å²) in [5.74, 6) is 3.94. The van der Waals surface area contributed by atoms with Crippen molar-refractivity contribution >= 4 is 0 Å². The van der Waals surface area contributed by atoms with Crippen molar-refractivity contribution in [1.82, 2.24) is 0 Å². The Morgan fingerprint density at radius 2 is 2.00 bits per heavy atom. The molecule has 0 aliphatic heterocycles. The number of fused-ring (bicyclic) bond motifs is 1. The van der Waals surface area contributed by atoms with Gasteiger partial charge in [0.05, 0.1) is 0 Å². The van der Waals surface area contributed by atoms with Gasteiger partial charge >= 0.3 is 0 Å². The first-order chi connectivity index (χ1) is 4.30. The summed E-state index contributed by atoms with van der Waals surface area (Å²) in [6, 6.07) is 0. The van der Waals surface area contributed by atoms with Crippen LogP contribution in [0.2, 0.25) is 0 Å². The molecule has 0 amide bonds. The van der Waals surface area contributed by atoms with Crippen LogP contribution in [0.25, 0.3) is 0 Å². The minimum Gasteiger partial charge on any atom is -0.0879 e. The second-order valence-electron chi connectivity index (χ2n) is 3.62. The van der Waals surface area contributed by atoms with E-state index in [0.29, 0.717) is 0 Å². The smallest absolute Gasteiger partial charge is 0.0171 e. The fourth-order valence-electron chi connectivity index (χ4n) is 2.42. The normalized spacial score (nSPS) is 54.9. The number of hydrogen-bond acceptors (Lipinski definition) is 0. The van der Waals surface area contributed by atoms with Crippen LogP contribution in [-0.2, 0) is 0 Å². The van der Waals surface area contributed by atoms with Gasteiger partial charge < -0.3 is 0 Å². The van der Waals surface area contributed by atoms with Crippen LogP contribution >= 0.6 is 0 Å². The zero-order valence-corrected chi connectivity index (χ0v) is 6.17. The van der Waals surface area contributed by atoms with Gasteiger partial charge in [-0.25, -0.2) is 0 Å². The van der Waals surface area contributed by atoms with Gasteiger partial charge in [0.1, 0.15) is 0 Å². The van der Waals surface area contributed by atoms with Crippen LogP contribution in [0.15, 0.2) is 12.2 Å². The van der Waals surface area contributed by atoms with E-state index < -0.39 is 0 Å². The highest BCUT2D eigenvalue weighted by molar-refractivity contribution is 5.11. The minimum absolute atomic E-state index is 0.958. The van der Waals surface area contributed by atoms with Crippen molar-refractivity contribution in [3.63, 3.8) is 0 Å². The molecular weight excluding hydrogens is 108 g/mol. The third-order valence-corrected chi connectivity index (χ3v) is 3.37. The van der Waals surface area contributed by atoms with E-state index in [4.69, 9.17) is 0 Å². The Kier molecular flexibility index (Phi) is 0.992. The van der Waals surface area contributed by atoms with E-state index in [9.17, 15) is 0 Å². The van der Waals surface area contributed by atoms with Crippen molar-refractivity contribution in [2.75, 3.05) is 0 Å². The van der Waals surface area contributed by atoms with Crippen LogP contribution in [0.5, 0.6) is 0 Å². The SMILES string of the molecule is C[C@H]1[C@H](C)[C@@H]2CC=C[C@H]12. The van der Waals surface area contributed by atoms with Crippen molar-refractivity contribution in [2.45, 2.75) is 20.3 Å². The Labute approximate surface area is 57.0 Å². The lowest BCUT2D eigenvalue weighted by atomic mass is 9.60. The predicted octanol–water partition coefficient (Wildman–Crippen LogP) is 2.46. The molecule has 0 aromatic rings. The maximum Gasteiger partial charge on any atom is -0.0171 e. The molecule has 2 aliphatic rings. The summed E-state index contributed by atoms with van der Waals surface area (Å²) in [4.78, 5) is 0. The standard InChI is InChI=1S/C9H14/c1-6-7(2)9-5-3-4-8(6)9/h3-4,6-9H,5H2,1-2H3/t6-,7-,8+,9-/m0/s1. The van der Waals surface area contributed by atoms with Crippen LogP contribution < -0.4 is 0 Å². The lowest BCUT2D eigenvalue weighted by Crippen LogP contribution is -2.39. The van der Waals surface area contributed by atoms with Gasteiger partial charge in [0.15, 0.2) is 0 Å². The Hall–Kier alpha value is -0.260. The summed E-state index contributed by atoms with van der Waals surface area (Å²) >= 11 is 0. The third-order valence-electron chi connectivity index (χ3n) is 3.37. The maximum absolute atomic E-state index is 2.41. The van der Waals surface area contributed by atoms with Crippen molar-refractivity contribution in [3.8, 4) is 0 Å². The van der Waals surface area contributed by atoms with E-state index in [-0.39, 0.29) is 0 Å². The Morgan fingerprint density at radius 3 is 2.67 bits per heavy atom. The van der Waals surface area contributed by atoms with E-state index in [2.05, 4.69) is 26.0 Å². The average Bonchev–Trinajstić information content (AvgIpc) is 2.30. The molecule has 0 heterocycles. The lowest BCUT2D eigenvalue weighted by Gasteiger charge is -2.45.